The molecule has 3 N–H and O–H groups in total. The van der Waals surface area contributed by atoms with Crippen LogP contribution in [0.25, 0.3) is 0 Å². The van der Waals surface area contributed by atoms with Crippen molar-refractivity contribution in [1.82, 2.24) is 15.4 Å². The van der Waals surface area contributed by atoms with Crippen LogP contribution in [0.2, 0.25) is 0 Å². The minimum Gasteiger partial charge on any atom is -0.356 e. The van der Waals surface area contributed by atoms with Gasteiger partial charge in [0.1, 0.15) is 0 Å². The molecule has 1 aromatic rings. The van der Waals surface area contributed by atoms with Gasteiger partial charge in [-0.3, -0.25) is 4.99 Å². The number of aliphatic imine (C=N–C) groups is 1. The Labute approximate surface area is 183 Å². The Hall–Kier alpha value is -0.390. The van der Waals surface area contributed by atoms with Crippen molar-refractivity contribution in [2.75, 3.05) is 32.9 Å². The molecule has 0 saturated heterocycles. The number of hydrogen-bond donors (Lipinski definition) is 3. The highest BCUT2D eigenvalue weighted by atomic mass is 127. The van der Waals surface area contributed by atoms with E-state index in [2.05, 4.69) is 61.4 Å². The molecule has 1 aromatic carbocycles. The number of benzene rings is 1. The van der Waals surface area contributed by atoms with Gasteiger partial charge < -0.3 is 10.6 Å². The monoisotopic (exact) mass is 560 g/mol. The third-order valence-corrected chi connectivity index (χ3v) is 5.00. The Balaban J connectivity index is 0.00000625. The summed E-state index contributed by atoms with van der Waals surface area (Å²) >= 11 is 3.51. The third-order valence-electron chi connectivity index (χ3n) is 3.78. The highest BCUT2D eigenvalue weighted by molar-refractivity contribution is 14.0. The molecule has 1 atom stereocenters. The standard InChI is InChI=1S/C17H29BrN4O2S.HI/c1-4-14(11-15-7-5-8-16(18)12-15)13-21-17(19-2)20-9-6-10-22-25(3,23)24;/h5,7-8,12,14,22H,4,6,9-11,13H2,1-3H3,(H2,19,20,21);1H. The minimum atomic E-state index is -3.12. The van der Waals surface area contributed by atoms with E-state index in [0.29, 0.717) is 25.4 Å². The van der Waals surface area contributed by atoms with Gasteiger partial charge >= 0.3 is 0 Å². The highest BCUT2D eigenvalue weighted by Crippen LogP contribution is 2.16. The SMILES string of the molecule is CCC(CNC(=NC)NCCCNS(C)(=O)=O)Cc1cccc(Br)c1.I. The molecule has 0 aliphatic heterocycles. The summed E-state index contributed by atoms with van der Waals surface area (Å²) in [5, 5.41) is 6.56. The molecule has 0 aromatic heterocycles. The molecule has 0 aliphatic carbocycles. The van der Waals surface area contributed by atoms with E-state index in [-0.39, 0.29) is 24.0 Å². The Morgan fingerprint density at radius 1 is 1.27 bits per heavy atom. The van der Waals surface area contributed by atoms with Gasteiger partial charge in [-0.1, -0.05) is 41.4 Å². The van der Waals surface area contributed by atoms with Crippen LogP contribution in [0.5, 0.6) is 0 Å². The fourth-order valence-electron chi connectivity index (χ4n) is 2.37. The molecule has 6 nitrogen and oxygen atoms in total. The molecule has 0 fully saturated rings. The molecule has 1 unspecified atom stereocenters. The summed E-state index contributed by atoms with van der Waals surface area (Å²) in [5.41, 5.74) is 1.32. The highest BCUT2D eigenvalue weighted by Gasteiger charge is 2.09. The first kappa shape index (κ1) is 25.6. The van der Waals surface area contributed by atoms with E-state index in [1.807, 2.05) is 6.07 Å². The number of sulfonamides is 1. The van der Waals surface area contributed by atoms with Crippen LogP contribution in [-0.4, -0.2) is 47.3 Å². The molecule has 150 valence electrons. The fourth-order valence-corrected chi connectivity index (χ4v) is 3.33. The summed E-state index contributed by atoms with van der Waals surface area (Å²) in [6.07, 6.45) is 3.95. The van der Waals surface area contributed by atoms with Crippen molar-refractivity contribution < 1.29 is 8.42 Å². The molecule has 1 rings (SSSR count). The van der Waals surface area contributed by atoms with Crippen molar-refractivity contribution in [2.24, 2.45) is 10.9 Å². The van der Waals surface area contributed by atoms with Gasteiger partial charge in [0.15, 0.2) is 5.96 Å². The lowest BCUT2D eigenvalue weighted by Gasteiger charge is -2.18. The molecule has 9 heteroatoms. The molecule has 0 spiro atoms. The number of guanidine groups is 1. The van der Waals surface area contributed by atoms with Gasteiger partial charge in [-0.15, -0.1) is 24.0 Å². The second-order valence-corrected chi connectivity index (χ2v) is 8.76. The molecule has 0 saturated carbocycles. The summed E-state index contributed by atoms with van der Waals surface area (Å²) in [4.78, 5) is 4.21. The van der Waals surface area contributed by atoms with Gasteiger partial charge in [-0.2, -0.15) is 0 Å². The van der Waals surface area contributed by atoms with Crippen LogP contribution in [0.1, 0.15) is 25.3 Å². The summed E-state index contributed by atoms with van der Waals surface area (Å²) in [7, 11) is -1.38. The van der Waals surface area contributed by atoms with Gasteiger partial charge in [-0.25, -0.2) is 13.1 Å². The van der Waals surface area contributed by atoms with Crippen LogP contribution in [0.15, 0.2) is 33.7 Å². The van der Waals surface area contributed by atoms with Gasteiger partial charge in [0, 0.05) is 31.2 Å². The number of halogens is 2. The molecular weight excluding hydrogens is 531 g/mol. The minimum absolute atomic E-state index is 0. The first-order valence-corrected chi connectivity index (χ1v) is 11.2. The fraction of sp³-hybridized carbons (Fsp3) is 0.588. The van der Waals surface area contributed by atoms with Gasteiger partial charge in [0.05, 0.1) is 6.26 Å². The average molecular weight is 561 g/mol. The summed E-state index contributed by atoms with van der Waals surface area (Å²) in [6, 6.07) is 8.40. The molecular formula is C17H30BrIN4O2S. The van der Waals surface area contributed by atoms with E-state index in [9.17, 15) is 8.42 Å². The molecule has 0 heterocycles. The summed E-state index contributed by atoms with van der Waals surface area (Å²) < 4.78 is 25.6. The van der Waals surface area contributed by atoms with E-state index in [1.165, 1.54) is 5.56 Å². The van der Waals surface area contributed by atoms with Crippen molar-refractivity contribution >= 4 is 55.9 Å². The van der Waals surface area contributed by atoms with Gasteiger partial charge in [0.2, 0.25) is 10.0 Å². The van der Waals surface area contributed by atoms with Gasteiger partial charge in [0.25, 0.3) is 0 Å². The van der Waals surface area contributed by atoms with Crippen LogP contribution >= 0.6 is 39.9 Å². The summed E-state index contributed by atoms with van der Waals surface area (Å²) in [6.45, 7) is 4.11. The van der Waals surface area contributed by atoms with Crippen molar-refractivity contribution in [3.05, 3.63) is 34.3 Å². The lowest BCUT2D eigenvalue weighted by atomic mass is 9.97. The number of rotatable bonds is 10. The number of hydrogen-bond acceptors (Lipinski definition) is 3. The molecule has 0 amide bonds. The van der Waals surface area contributed by atoms with Crippen molar-refractivity contribution in [2.45, 2.75) is 26.2 Å². The van der Waals surface area contributed by atoms with E-state index in [0.717, 1.165) is 36.1 Å². The molecule has 26 heavy (non-hydrogen) atoms. The first-order chi connectivity index (χ1) is 11.8. The van der Waals surface area contributed by atoms with Crippen LogP contribution in [0, 0.1) is 5.92 Å². The van der Waals surface area contributed by atoms with Crippen molar-refractivity contribution in [3.8, 4) is 0 Å². The van der Waals surface area contributed by atoms with Crippen LogP contribution < -0.4 is 15.4 Å². The summed E-state index contributed by atoms with van der Waals surface area (Å²) in [5.74, 6) is 1.26. The van der Waals surface area contributed by atoms with Crippen LogP contribution in [0.3, 0.4) is 0 Å². The van der Waals surface area contributed by atoms with Crippen molar-refractivity contribution in [1.29, 1.82) is 0 Å². The van der Waals surface area contributed by atoms with E-state index < -0.39 is 10.0 Å². The zero-order chi connectivity index (χ0) is 18.7. The van der Waals surface area contributed by atoms with E-state index in [4.69, 9.17) is 0 Å². The van der Waals surface area contributed by atoms with Crippen LogP contribution in [0.4, 0.5) is 0 Å². The Morgan fingerprint density at radius 3 is 2.58 bits per heavy atom. The number of nitrogens with zero attached hydrogens (tertiary/aromatic N) is 1. The average Bonchev–Trinajstić information content (AvgIpc) is 2.55. The maximum Gasteiger partial charge on any atom is 0.208 e. The smallest absolute Gasteiger partial charge is 0.208 e. The predicted octanol–water partition coefficient (Wildman–Crippen LogP) is 2.74. The molecule has 0 bridgehead atoms. The Morgan fingerprint density at radius 2 is 2.00 bits per heavy atom. The Bertz CT molecular complexity index is 656. The topological polar surface area (TPSA) is 82.6 Å². The number of nitrogens with one attached hydrogen (secondary N) is 3. The normalized spacial score (nSPS) is 13.0. The maximum absolute atomic E-state index is 11.0. The predicted molar refractivity (Wildman–Crippen MR) is 124 cm³/mol. The van der Waals surface area contributed by atoms with Crippen molar-refractivity contribution in [3.63, 3.8) is 0 Å². The second kappa shape index (κ2) is 13.7. The first-order valence-electron chi connectivity index (χ1n) is 8.47. The zero-order valence-corrected chi connectivity index (χ0v) is 20.3. The van der Waals surface area contributed by atoms with Gasteiger partial charge in [-0.05, 0) is 36.5 Å². The largest absolute Gasteiger partial charge is 0.356 e. The second-order valence-electron chi connectivity index (χ2n) is 6.01. The molecule has 0 aliphatic rings. The van der Waals surface area contributed by atoms with E-state index in [1.54, 1.807) is 7.05 Å². The molecule has 0 radical (unpaired) electrons. The maximum atomic E-state index is 11.0. The quantitative estimate of drug-likeness (QED) is 0.178. The lowest BCUT2D eigenvalue weighted by Crippen LogP contribution is -2.41. The van der Waals surface area contributed by atoms with E-state index >= 15 is 0 Å². The Kier molecular flexibility index (Phi) is 13.5. The third kappa shape index (κ3) is 12.1. The van der Waals surface area contributed by atoms with Crippen LogP contribution in [-0.2, 0) is 16.4 Å². The zero-order valence-electron chi connectivity index (χ0n) is 15.6. The lowest BCUT2D eigenvalue weighted by molar-refractivity contribution is 0.493.